The Morgan fingerprint density at radius 1 is 1.04 bits per heavy atom. The van der Waals surface area contributed by atoms with E-state index in [1.807, 2.05) is 50.2 Å². The molecule has 0 aliphatic heterocycles. The third kappa shape index (κ3) is 3.95. The number of aromatic nitrogens is 1. The Kier molecular flexibility index (Phi) is 4.66. The van der Waals surface area contributed by atoms with E-state index in [0.29, 0.717) is 17.0 Å². The minimum absolute atomic E-state index is 0.213. The van der Waals surface area contributed by atoms with Gasteiger partial charge in [-0.2, -0.15) is 0 Å². The van der Waals surface area contributed by atoms with Gasteiger partial charge in [-0.25, -0.2) is 4.98 Å². The first-order valence-corrected chi connectivity index (χ1v) is 7.90. The van der Waals surface area contributed by atoms with Crippen LogP contribution in [0.15, 0.2) is 60.8 Å². The molecule has 0 atom stereocenters. The van der Waals surface area contributed by atoms with Crippen molar-refractivity contribution in [1.82, 2.24) is 4.98 Å². The Hall–Kier alpha value is -3.34. The lowest BCUT2D eigenvalue weighted by Crippen LogP contribution is -2.16. The van der Waals surface area contributed by atoms with Crippen molar-refractivity contribution in [3.63, 3.8) is 0 Å². The van der Waals surface area contributed by atoms with Crippen molar-refractivity contribution >= 4 is 17.4 Å². The van der Waals surface area contributed by atoms with Crippen LogP contribution in [-0.2, 0) is 0 Å². The number of anilines is 2. The summed E-state index contributed by atoms with van der Waals surface area (Å²) in [7, 11) is 0. The standard InChI is InChI=1S/C20H19N3O2/c1-13-5-3-7-16(11-13)25-17-8-4-6-15(12-17)23-20(24)18-14(2)9-10-22-19(18)21/h3-12H,1-2H3,(H2,21,22)(H,23,24). The number of nitrogens with two attached hydrogens (primary N) is 1. The molecule has 0 saturated carbocycles. The smallest absolute Gasteiger partial charge is 0.259 e. The number of aryl methyl sites for hydroxylation is 2. The third-order valence-electron chi connectivity index (χ3n) is 3.73. The molecule has 25 heavy (non-hydrogen) atoms. The lowest BCUT2D eigenvalue weighted by atomic mass is 10.1. The van der Waals surface area contributed by atoms with Crippen LogP contribution < -0.4 is 15.8 Å². The zero-order valence-corrected chi connectivity index (χ0v) is 14.1. The molecule has 126 valence electrons. The van der Waals surface area contributed by atoms with Crippen molar-refractivity contribution in [2.24, 2.45) is 0 Å². The van der Waals surface area contributed by atoms with Crippen molar-refractivity contribution in [3.05, 3.63) is 77.5 Å². The summed E-state index contributed by atoms with van der Waals surface area (Å²) in [6.45, 7) is 3.83. The van der Waals surface area contributed by atoms with E-state index < -0.39 is 0 Å². The highest BCUT2D eigenvalue weighted by molar-refractivity contribution is 6.08. The van der Waals surface area contributed by atoms with Crippen LogP contribution in [0.4, 0.5) is 11.5 Å². The SMILES string of the molecule is Cc1cccc(Oc2cccc(NC(=O)c3c(C)ccnc3N)c2)c1. The van der Waals surface area contributed by atoms with Crippen LogP contribution in [0.3, 0.4) is 0 Å². The summed E-state index contributed by atoms with van der Waals surface area (Å²) < 4.78 is 5.85. The molecule has 0 radical (unpaired) electrons. The number of nitrogens with zero attached hydrogens (tertiary/aromatic N) is 1. The van der Waals surface area contributed by atoms with Crippen molar-refractivity contribution in [2.45, 2.75) is 13.8 Å². The molecule has 3 N–H and O–H groups in total. The number of carbonyl (C=O) groups excluding carboxylic acids is 1. The van der Waals surface area contributed by atoms with E-state index in [9.17, 15) is 4.79 Å². The number of benzene rings is 2. The maximum absolute atomic E-state index is 12.5. The molecule has 1 aromatic heterocycles. The topological polar surface area (TPSA) is 77.2 Å². The van der Waals surface area contributed by atoms with Crippen molar-refractivity contribution < 1.29 is 9.53 Å². The second kappa shape index (κ2) is 7.05. The van der Waals surface area contributed by atoms with Crippen molar-refractivity contribution in [2.75, 3.05) is 11.1 Å². The molecule has 0 aliphatic rings. The first-order chi connectivity index (χ1) is 12.0. The quantitative estimate of drug-likeness (QED) is 0.745. The van der Waals surface area contributed by atoms with Gasteiger partial charge in [0.15, 0.2) is 0 Å². The summed E-state index contributed by atoms with van der Waals surface area (Å²) in [6, 6.07) is 16.7. The Morgan fingerprint density at radius 3 is 2.48 bits per heavy atom. The molecule has 3 aromatic rings. The summed E-state index contributed by atoms with van der Waals surface area (Å²) in [6.07, 6.45) is 1.58. The summed E-state index contributed by atoms with van der Waals surface area (Å²) in [5.41, 5.74) is 8.72. The van der Waals surface area contributed by atoms with E-state index in [0.717, 1.165) is 16.9 Å². The van der Waals surface area contributed by atoms with Gasteiger partial charge in [-0.15, -0.1) is 0 Å². The van der Waals surface area contributed by atoms with E-state index in [4.69, 9.17) is 10.5 Å². The van der Waals surface area contributed by atoms with Crippen LogP contribution in [0.5, 0.6) is 11.5 Å². The fraction of sp³-hybridized carbons (Fsp3) is 0.100. The highest BCUT2D eigenvalue weighted by Crippen LogP contribution is 2.25. The second-order valence-corrected chi connectivity index (χ2v) is 5.79. The molecule has 0 unspecified atom stereocenters. The highest BCUT2D eigenvalue weighted by atomic mass is 16.5. The number of carbonyl (C=O) groups is 1. The number of amides is 1. The monoisotopic (exact) mass is 333 g/mol. The molecular formula is C20H19N3O2. The van der Waals surface area contributed by atoms with Crippen molar-refractivity contribution in [3.8, 4) is 11.5 Å². The summed E-state index contributed by atoms with van der Waals surface area (Å²) in [4.78, 5) is 16.5. The number of ether oxygens (including phenoxy) is 1. The van der Waals surface area contributed by atoms with Crippen LogP contribution >= 0.6 is 0 Å². The van der Waals surface area contributed by atoms with E-state index in [1.54, 1.807) is 24.4 Å². The molecule has 0 aliphatic carbocycles. The number of pyridine rings is 1. The first kappa shape index (κ1) is 16.5. The maximum Gasteiger partial charge on any atom is 0.259 e. The van der Waals surface area contributed by atoms with Gasteiger partial charge in [0.1, 0.15) is 17.3 Å². The number of nitrogens with one attached hydrogen (secondary N) is 1. The van der Waals surface area contributed by atoms with Crippen LogP contribution in [0.1, 0.15) is 21.5 Å². The molecule has 1 heterocycles. The molecular weight excluding hydrogens is 314 g/mol. The minimum atomic E-state index is -0.296. The molecule has 0 saturated heterocycles. The van der Waals surface area contributed by atoms with E-state index in [2.05, 4.69) is 10.3 Å². The van der Waals surface area contributed by atoms with Crippen molar-refractivity contribution in [1.29, 1.82) is 0 Å². The number of hydrogen-bond donors (Lipinski definition) is 2. The summed E-state index contributed by atoms with van der Waals surface area (Å²) in [5.74, 6) is 1.30. The number of rotatable bonds is 4. The molecule has 5 nitrogen and oxygen atoms in total. The second-order valence-electron chi connectivity index (χ2n) is 5.79. The molecule has 1 amide bonds. The normalized spacial score (nSPS) is 10.3. The Balaban J connectivity index is 1.79. The lowest BCUT2D eigenvalue weighted by molar-refractivity contribution is 0.102. The average molecular weight is 333 g/mol. The predicted molar refractivity (Wildman–Crippen MR) is 99.0 cm³/mol. The minimum Gasteiger partial charge on any atom is -0.457 e. The van der Waals surface area contributed by atoms with Gasteiger partial charge < -0.3 is 15.8 Å². The van der Waals surface area contributed by atoms with Gasteiger partial charge in [-0.05, 0) is 55.3 Å². The largest absolute Gasteiger partial charge is 0.457 e. The Morgan fingerprint density at radius 2 is 1.76 bits per heavy atom. The Labute approximate surface area is 146 Å². The highest BCUT2D eigenvalue weighted by Gasteiger charge is 2.14. The van der Waals surface area contributed by atoms with Gasteiger partial charge >= 0.3 is 0 Å². The van der Waals surface area contributed by atoms with Gasteiger partial charge in [-0.1, -0.05) is 18.2 Å². The average Bonchev–Trinajstić information content (AvgIpc) is 2.55. The summed E-state index contributed by atoms with van der Waals surface area (Å²) >= 11 is 0. The summed E-state index contributed by atoms with van der Waals surface area (Å²) in [5, 5.41) is 2.84. The van der Waals surface area contributed by atoms with Crippen LogP contribution in [0.25, 0.3) is 0 Å². The van der Waals surface area contributed by atoms with Crippen LogP contribution in [-0.4, -0.2) is 10.9 Å². The van der Waals surface area contributed by atoms with Gasteiger partial charge in [0.25, 0.3) is 5.91 Å². The number of nitrogen functional groups attached to an aromatic ring is 1. The zero-order chi connectivity index (χ0) is 17.8. The van der Waals surface area contributed by atoms with Crippen LogP contribution in [0, 0.1) is 13.8 Å². The maximum atomic E-state index is 12.5. The molecule has 5 heteroatoms. The van der Waals surface area contributed by atoms with E-state index in [1.165, 1.54) is 0 Å². The van der Waals surface area contributed by atoms with E-state index >= 15 is 0 Å². The van der Waals surface area contributed by atoms with Gasteiger partial charge in [0.2, 0.25) is 0 Å². The zero-order valence-electron chi connectivity index (χ0n) is 14.1. The third-order valence-corrected chi connectivity index (χ3v) is 3.73. The molecule has 2 aromatic carbocycles. The molecule has 3 rings (SSSR count). The van der Waals surface area contributed by atoms with Crippen LogP contribution in [0.2, 0.25) is 0 Å². The fourth-order valence-electron chi connectivity index (χ4n) is 2.52. The first-order valence-electron chi connectivity index (χ1n) is 7.90. The lowest BCUT2D eigenvalue weighted by Gasteiger charge is -2.11. The number of hydrogen-bond acceptors (Lipinski definition) is 4. The molecule has 0 fully saturated rings. The van der Waals surface area contributed by atoms with Gasteiger partial charge in [0, 0.05) is 18.0 Å². The van der Waals surface area contributed by atoms with Gasteiger partial charge in [-0.3, -0.25) is 4.79 Å². The predicted octanol–water partition coefficient (Wildman–Crippen LogP) is 4.33. The van der Waals surface area contributed by atoms with Gasteiger partial charge in [0.05, 0.1) is 5.56 Å². The molecule has 0 bridgehead atoms. The Bertz CT molecular complexity index is 902. The van der Waals surface area contributed by atoms with E-state index in [-0.39, 0.29) is 11.7 Å². The fourth-order valence-corrected chi connectivity index (χ4v) is 2.52. The molecule has 0 spiro atoms.